The molecule has 0 aromatic heterocycles. The van der Waals surface area contributed by atoms with Gasteiger partial charge in [0.2, 0.25) is 0 Å². The monoisotopic (exact) mass is 376 g/mol. The predicted molar refractivity (Wildman–Crippen MR) is 61.9 cm³/mol. The second kappa shape index (κ2) is 4.70. The molecule has 1 nitrogen and oxygen atoms in total. The zero-order chi connectivity index (χ0) is 10.0. The summed E-state index contributed by atoms with van der Waals surface area (Å²) in [5.41, 5.74) is 0.0441. The molecule has 0 atom stereocenters. The van der Waals surface area contributed by atoms with Crippen LogP contribution in [0.3, 0.4) is 0 Å². The average Bonchev–Trinajstić information content (AvgIpc) is 2.13. The lowest BCUT2D eigenvalue weighted by molar-refractivity contribution is 0.101. The first-order valence-corrected chi connectivity index (χ1v) is 5.71. The molecule has 0 unspecified atom stereocenters. The molecule has 0 amide bonds. The minimum atomic E-state index is -0.513. The number of carbonyl (C=O) groups excluding carboxylic acids is 1. The van der Waals surface area contributed by atoms with Gasteiger partial charge in [-0.25, -0.2) is 4.39 Å². The molecule has 70 valence electrons. The van der Waals surface area contributed by atoms with Crippen LogP contribution in [0, 0.1) is 9.39 Å². The van der Waals surface area contributed by atoms with E-state index in [2.05, 4.69) is 15.9 Å². The van der Waals surface area contributed by atoms with Crippen molar-refractivity contribution in [2.24, 2.45) is 0 Å². The van der Waals surface area contributed by atoms with E-state index < -0.39 is 11.6 Å². The number of carbonyl (C=O) groups is 1. The largest absolute Gasteiger partial charge is 0.293 e. The van der Waals surface area contributed by atoms with Crippen LogP contribution in [-0.2, 0) is 0 Å². The Kier molecular flexibility index (Phi) is 4.12. The lowest BCUT2D eigenvalue weighted by Gasteiger charge is -2.03. The molecule has 0 aliphatic heterocycles. The first-order chi connectivity index (χ1) is 6.07. The van der Waals surface area contributed by atoms with Crippen LogP contribution in [0.25, 0.3) is 0 Å². The highest BCUT2D eigenvalue weighted by atomic mass is 127. The van der Waals surface area contributed by atoms with Crippen LogP contribution in [0.15, 0.2) is 16.6 Å². The Labute approximate surface area is 102 Å². The maximum Gasteiger partial charge on any atom is 0.180 e. The van der Waals surface area contributed by atoms with E-state index in [0.29, 0.717) is 8.04 Å². The van der Waals surface area contributed by atoms with Crippen molar-refractivity contribution < 1.29 is 9.18 Å². The summed E-state index contributed by atoms with van der Waals surface area (Å²) in [6, 6.07) is 3.05. The third-order valence-corrected chi connectivity index (χ3v) is 4.16. The van der Waals surface area contributed by atoms with Crippen LogP contribution in [-0.4, -0.2) is 11.7 Å². The molecule has 0 saturated carbocycles. The summed E-state index contributed by atoms with van der Waals surface area (Å²) in [4.78, 5) is 11.1. The van der Waals surface area contributed by atoms with E-state index in [-0.39, 0.29) is 11.4 Å². The summed E-state index contributed by atoms with van der Waals surface area (Å²) in [5, 5.41) is 0. The smallest absolute Gasteiger partial charge is 0.180 e. The number of halogens is 4. The normalized spacial score (nSPS) is 10.2. The first-order valence-electron chi connectivity index (χ1n) is 3.30. The molecule has 1 rings (SSSR count). The van der Waals surface area contributed by atoms with Gasteiger partial charge in [0.25, 0.3) is 0 Å². The number of ketones is 1. The number of Topliss-reactive ketones (excluding diaryl/α,β-unsaturated/α-hetero) is 1. The molecule has 1 aromatic rings. The van der Waals surface area contributed by atoms with Crippen LogP contribution in [0.5, 0.6) is 0 Å². The maximum absolute atomic E-state index is 13.4. The highest BCUT2D eigenvalue weighted by molar-refractivity contribution is 14.1. The lowest BCUT2D eigenvalue weighted by Crippen LogP contribution is -2.05. The molecular formula is C8H4BrClFIO. The molecule has 13 heavy (non-hydrogen) atoms. The number of hydrogen-bond acceptors (Lipinski definition) is 1. The van der Waals surface area contributed by atoms with Crippen LogP contribution in [0.4, 0.5) is 4.39 Å². The van der Waals surface area contributed by atoms with E-state index in [9.17, 15) is 9.18 Å². The first kappa shape index (κ1) is 11.4. The number of alkyl halides is 1. The molecule has 0 aliphatic carbocycles. The zero-order valence-electron chi connectivity index (χ0n) is 6.28. The maximum atomic E-state index is 13.4. The lowest BCUT2D eigenvalue weighted by atomic mass is 10.1. The summed E-state index contributed by atoms with van der Waals surface area (Å²) in [5.74, 6) is -1.11. The van der Waals surface area contributed by atoms with Gasteiger partial charge < -0.3 is 0 Å². The van der Waals surface area contributed by atoms with Crippen LogP contribution < -0.4 is 0 Å². The van der Waals surface area contributed by atoms with Crippen molar-refractivity contribution in [1.29, 1.82) is 0 Å². The van der Waals surface area contributed by atoms with E-state index >= 15 is 0 Å². The van der Waals surface area contributed by atoms with Crippen LogP contribution in [0.2, 0.25) is 0 Å². The van der Waals surface area contributed by atoms with Gasteiger partial charge in [-0.2, -0.15) is 0 Å². The molecular weight excluding hydrogens is 373 g/mol. The van der Waals surface area contributed by atoms with Gasteiger partial charge in [-0.15, -0.1) is 11.6 Å². The topological polar surface area (TPSA) is 17.1 Å². The van der Waals surface area contributed by atoms with Crippen molar-refractivity contribution in [3.05, 3.63) is 31.6 Å². The summed E-state index contributed by atoms with van der Waals surface area (Å²) in [6.07, 6.45) is 0. The summed E-state index contributed by atoms with van der Waals surface area (Å²) < 4.78 is 14.4. The highest BCUT2D eigenvalue weighted by Gasteiger charge is 2.14. The molecule has 0 N–H and O–H groups in total. The standard InChI is InChI=1S/C8H4BrClFIO/c9-5-2-1-4(6(13)3-10)7(11)8(5)12/h1-2H,3H2. The van der Waals surface area contributed by atoms with Crippen molar-refractivity contribution in [2.75, 3.05) is 5.88 Å². The van der Waals surface area contributed by atoms with Gasteiger partial charge in [-0.1, -0.05) is 0 Å². The Morgan fingerprint density at radius 2 is 2.23 bits per heavy atom. The van der Waals surface area contributed by atoms with Gasteiger partial charge in [0.1, 0.15) is 5.82 Å². The number of rotatable bonds is 2. The SMILES string of the molecule is O=C(CCl)c1ccc(Br)c(I)c1F. The molecule has 0 saturated heterocycles. The molecule has 0 fully saturated rings. The number of hydrogen-bond donors (Lipinski definition) is 0. The Morgan fingerprint density at radius 3 is 2.77 bits per heavy atom. The fourth-order valence-electron chi connectivity index (χ4n) is 0.813. The third kappa shape index (κ3) is 2.41. The molecule has 0 spiro atoms. The zero-order valence-corrected chi connectivity index (χ0v) is 10.8. The second-order valence-electron chi connectivity index (χ2n) is 2.28. The quantitative estimate of drug-likeness (QED) is 0.333. The van der Waals surface area contributed by atoms with E-state index in [1.54, 1.807) is 6.07 Å². The Bertz CT molecular complexity index is 356. The van der Waals surface area contributed by atoms with Crippen LogP contribution >= 0.6 is 50.1 Å². The fraction of sp³-hybridized carbons (Fsp3) is 0.125. The fourth-order valence-corrected chi connectivity index (χ4v) is 1.73. The molecule has 1 aromatic carbocycles. The van der Waals surface area contributed by atoms with Gasteiger partial charge in [0.05, 0.1) is 15.0 Å². The molecule has 0 radical (unpaired) electrons. The van der Waals surface area contributed by atoms with E-state index in [1.807, 2.05) is 22.6 Å². The second-order valence-corrected chi connectivity index (χ2v) is 4.48. The van der Waals surface area contributed by atoms with Crippen LogP contribution in [0.1, 0.15) is 10.4 Å². The minimum Gasteiger partial charge on any atom is -0.293 e. The Balaban J connectivity index is 3.26. The van der Waals surface area contributed by atoms with E-state index in [4.69, 9.17) is 11.6 Å². The molecule has 0 bridgehead atoms. The van der Waals surface area contributed by atoms with Crippen molar-refractivity contribution in [2.45, 2.75) is 0 Å². The molecule has 0 aliphatic rings. The summed E-state index contributed by atoms with van der Waals surface area (Å²) in [6.45, 7) is 0. The third-order valence-electron chi connectivity index (χ3n) is 1.46. The van der Waals surface area contributed by atoms with E-state index in [0.717, 1.165) is 0 Å². The van der Waals surface area contributed by atoms with Gasteiger partial charge in [0, 0.05) is 4.47 Å². The summed E-state index contributed by atoms with van der Waals surface area (Å²) in [7, 11) is 0. The van der Waals surface area contributed by atoms with Crippen molar-refractivity contribution in [1.82, 2.24) is 0 Å². The number of benzene rings is 1. The van der Waals surface area contributed by atoms with Gasteiger partial charge >= 0.3 is 0 Å². The van der Waals surface area contributed by atoms with Gasteiger partial charge in [0.15, 0.2) is 5.78 Å². The van der Waals surface area contributed by atoms with Gasteiger partial charge in [-0.05, 0) is 50.7 Å². The average molecular weight is 377 g/mol. The van der Waals surface area contributed by atoms with Gasteiger partial charge in [-0.3, -0.25) is 4.79 Å². The highest BCUT2D eigenvalue weighted by Crippen LogP contribution is 2.24. The minimum absolute atomic E-state index is 0.0441. The van der Waals surface area contributed by atoms with Crippen molar-refractivity contribution in [3.63, 3.8) is 0 Å². The Hall–Kier alpha value is 0.320. The van der Waals surface area contributed by atoms with Crippen molar-refractivity contribution in [3.8, 4) is 0 Å². The molecule has 0 heterocycles. The summed E-state index contributed by atoms with van der Waals surface area (Å²) >= 11 is 10.3. The molecule has 5 heteroatoms. The van der Waals surface area contributed by atoms with Crippen molar-refractivity contribution >= 4 is 55.9 Å². The Morgan fingerprint density at radius 1 is 1.62 bits per heavy atom. The predicted octanol–water partition coefficient (Wildman–Crippen LogP) is 3.61. The van der Waals surface area contributed by atoms with E-state index in [1.165, 1.54) is 6.07 Å².